The van der Waals surface area contributed by atoms with E-state index in [4.69, 9.17) is 17.3 Å². The topological polar surface area (TPSA) is 80.0 Å². The lowest BCUT2D eigenvalue weighted by atomic mass is 10.0. The SMILES string of the molecule is Nc1cc2cccc(F)c2c(-c2c(Cl)cc3c(N4CCNCC4)ncnc3c2F)n1. The van der Waals surface area contributed by atoms with E-state index in [0.29, 0.717) is 16.6 Å². The lowest BCUT2D eigenvalue weighted by Crippen LogP contribution is -2.44. The minimum atomic E-state index is -0.682. The second-order valence-electron chi connectivity index (χ2n) is 7.11. The lowest BCUT2D eigenvalue weighted by molar-refractivity contribution is 0.585. The normalized spacial score (nSPS) is 14.6. The Bertz CT molecular complexity index is 1290. The van der Waals surface area contributed by atoms with Crippen LogP contribution in [-0.4, -0.2) is 41.1 Å². The van der Waals surface area contributed by atoms with Crippen LogP contribution in [0.3, 0.4) is 0 Å². The fourth-order valence-corrected chi connectivity index (χ4v) is 4.21. The monoisotopic (exact) mass is 426 g/mol. The van der Waals surface area contributed by atoms with Gasteiger partial charge in [0.25, 0.3) is 0 Å². The van der Waals surface area contributed by atoms with Crippen molar-refractivity contribution in [3.63, 3.8) is 0 Å². The van der Waals surface area contributed by atoms with Crippen molar-refractivity contribution in [3.8, 4) is 11.3 Å². The Morgan fingerprint density at radius 1 is 1.10 bits per heavy atom. The number of rotatable bonds is 2. The summed E-state index contributed by atoms with van der Waals surface area (Å²) in [4.78, 5) is 14.8. The second-order valence-corrected chi connectivity index (χ2v) is 7.52. The van der Waals surface area contributed by atoms with Gasteiger partial charge in [0, 0.05) is 37.0 Å². The second kappa shape index (κ2) is 7.30. The Balaban J connectivity index is 1.79. The summed E-state index contributed by atoms with van der Waals surface area (Å²) in [6, 6.07) is 7.70. The first-order valence-corrected chi connectivity index (χ1v) is 9.86. The summed E-state index contributed by atoms with van der Waals surface area (Å²) in [6.07, 6.45) is 1.33. The Morgan fingerprint density at radius 2 is 1.90 bits per heavy atom. The number of halogens is 3. The third kappa shape index (κ3) is 3.00. The van der Waals surface area contributed by atoms with Gasteiger partial charge in [-0.1, -0.05) is 23.7 Å². The Hall–Kier alpha value is -3.10. The smallest absolute Gasteiger partial charge is 0.160 e. The van der Waals surface area contributed by atoms with Gasteiger partial charge in [-0.15, -0.1) is 0 Å². The number of hydrogen-bond acceptors (Lipinski definition) is 6. The third-order valence-corrected chi connectivity index (χ3v) is 5.58. The van der Waals surface area contributed by atoms with E-state index in [1.165, 1.54) is 12.4 Å². The molecule has 0 aliphatic carbocycles. The largest absolute Gasteiger partial charge is 0.384 e. The van der Waals surface area contributed by atoms with Gasteiger partial charge in [-0.3, -0.25) is 0 Å². The highest BCUT2D eigenvalue weighted by atomic mass is 35.5. The first-order chi connectivity index (χ1) is 14.5. The molecule has 5 rings (SSSR count). The van der Waals surface area contributed by atoms with Gasteiger partial charge in [0.1, 0.15) is 29.3 Å². The van der Waals surface area contributed by atoms with Crippen molar-refractivity contribution in [1.29, 1.82) is 0 Å². The minimum absolute atomic E-state index is 0.0310. The quantitative estimate of drug-likeness (QED) is 0.508. The van der Waals surface area contributed by atoms with Gasteiger partial charge in [0.2, 0.25) is 0 Å². The number of nitrogens with one attached hydrogen (secondary N) is 1. The van der Waals surface area contributed by atoms with Crippen LogP contribution in [0.1, 0.15) is 0 Å². The number of nitrogens with two attached hydrogens (primary N) is 1. The van der Waals surface area contributed by atoms with Gasteiger partial charge >= 0.3 is 0 Å². The molecule has 0 bridgehead atoms. The molecule has 0 saturated carbocycles. The zero-order valence-corrected chi connectivity index (χ0v) is 16.5. The molecule has 0 unspecified atom stereocenters. The van der Waals surface area contributed by atoms with Gasteiger partial charge < -0.3 is 16.0 Å². The first kappa shape index (κ1) is 18.9. The molecule has 4 aromatic rings. The van der Waals surface area contributed by atoms with Crippen molar-refractivity contribution >= 4 is 44.9 Å². The van der Waals surface area contributed by atoms with Crippen LogP contribution in [0.2, 0.25) is 5.02 Å². The molecule has 2 aromatic heterocycles. The van der Waals surface area contributed by atoms with Crippen molar-refractivity contribution in [3.05, 3.63) is 53.3 Å². The van der Waals surface area contributed by atoms with Gasteiger partial charge in [-0.2, -0.15) is 0 Å². The number of pyridine rings is 1. The molecule has 1 aliphatic heterocycles. The van der Waals surface area contributed by atoms with Crippen LogP contribution in [0.15, 0.2) is 36.7 Å². The number of anilines is 2. The summed E-state index contributed by atoms with van der Waals surface area (Å²) in [7, 11) is 0. The highest BCUT2D eigenvalue weighted by Crippen LogP contribution is 2.40. The Kier molecular flexibility index (Phi) is 4.60. The molecule has 3 N–H and O–H groups in total. The zero-order chi connectivity index (χ0) is 20.8. The van der Waals surface area contributed by atoms with E-state index in [2.05, 4.69) is 25.2 Å². The number of benzene rings is 2. The summed E-state index contributed by atoms with van der Waals surface area (Å²) >= 11 is 6.53. The molecule has 30 heavy (non-hydrogen) atoms. The maximum absolute atomic E-state index is 15.7. The van der Waals surface area contributed by atoms with Crippen LogP contribution in [0.25, 0.3) is 32.9 Å². The Labute approximate surface area is 175 Å². The first-order valence-electron chi connectivity index (χ1n) is 9.48. The van der Waals surface area contributed by atoms with Gasteiger partial charge in [-0.25, -0.2) is 23.7 Å². The molecule has 0 spiro atoms. The number of hydrogen-bond donors (Lipinski definition) is 2. The van der Waals surface area contributed by atoms with Crippen molar-refractivity contribution < 1.29 is 8.78 Å². The predicted octanol–water partition coefficient (Wildman–Crippen LogP) is 3.77. The number of aromatic nitrogens is 3. The molecule has 6 nitrogen and oxygen atoms in total. The number of piperazine rings is 1. The molecule has 1 fully saturated rings. The molecular weight excluding hydrogens is 410 g/mol. The van der Waals surface area contributed by atoms with E-state index in [-0.39, 0.29) is 33.0 Å². The highest BCUT2D eigenvalue weighted by Gasteiger charge is 2.24. The van der Waals surface area contributed by atoms with Crippen LogP contribution in [0.5, 0.6) is 0 Å². The Morgan fingerprint density at radius 3 is 2.70 bits per heavy atom. The predicted molar refractivity (Wildman–Crippen MR) is 115 cm³/mol. The summed E-state index contributed by atoms with van der Waals surface area (Å²) in [5, 5.41) is 4.53. The van der Waals surface area contributed by atoms with E-state index in [1.54, 1.807) is 24.3 Å². The van der Waals surface area contributed by atoms with E-state index in [0.717, 1.165) is 26.2 Å². The summed E-state index contributed by atoms with van der Waals surface area (Å²) in [6.45, 7) is 3.08. The molecule has 0 amide bonds. The maximum atomic E-state index is 15.7. The van der Waals surface area contributed by atoms with Crippen LogP contribution >= 0.6 is 11.6 Å². The van der Waals surface area contributed by atoms with Crippen molar-refractivity contribution in [1.82, 2.24) is 20.3 Å². The number of nitrogen functional groups attached to an aromatic ring is 1. The summed E-state index contributed by atoms with van der Waals surface area (Å²) in [5.74, 6) is -0.457. The number of nitrogens with zero attached hydrogens (tertiary/aromatic N) is 4. The molecule has 0 radical (unpaired) electrons. The fraction of sp³-hybridized carbons (Fsp3) is 0.190. The highest BCUT2D eigenvalue weighted by molar-refractivity contribution is 6.34. The summed E-state index contributed by atoms with van der Waals surface area (Å²) < 4.78 is 30.4. The zero-order valence-electron chi connectivity index (χ0n) is 15.8. The van der Waals surface area contributed by atoms with Crippen LogP contribution in [0, 0.1) is 11.6 Å². The maximum Gasteiger partial charge on any atom is 0.160 e. The van der Waals surface area contributed by atoms with E-state index >= 15 is 4.39 Å². The third-order valence-electron chi connectivity index (χ3n) is 5.28. The molecule has 3 heterocycles. The molecule has 9 heteroatoms. The fourth-order valence-electron chi connectivity index (χ4n) is 3.93. The average Bonchev–Trinajstić information content (AvgIpc) is 2.74. The standard InChI is InChI=1S/C21H17ClF2N6/c22-13-9-12-19(27-10-28-21(12)30-6-4-26-5-7-30)18(24)17(13)20-16-11(8-15(25)29-20)2-1-3-14(16)23/h1-3,8-10,26H,4-7H2,(H2,25,29). The molecule has 1 saturated heterocycles. The lowest BCUT2D eigenvalue weighted by Gasteiger charge is -2.29. The van der Waals surface area contributed by atoms with Gasteiger partial charge in [-0.05, 0) is 23.6 Å². The van der Waals surface area contributed by atoms with Crippen molar-refractivity contribution in [2.75, 3.05) is 36.8 Å². The van der Waals surface area contributed by atoms with Crippen molar-refractivity contribution in [2.45, 2.75) is 0 Å². The molecular formula is C21H17ClF2N6. The molecule has 152 valence electrons. The number of fused-ring (bicyclic) bond motifs is 2. The van der Waals surface area contributed by atoms with E-state index < -0.39 is 11.6 Å². The van der Waals surface area contributed by atoms with E-state index in [1.807, 2.05) is 0 Å². The van der Waals surface area contributed by atoms with Crippen LogP contribution < -0.4 is 16.0 Å². The molecule has 2 aromatic carbocycles. The van der Waals surface area contributed by atoms with E-state index in [9.17, 15) is 4.39 Å². The minimum Gasteiger partial charge on any atom is -0.384 e. The van der Waals surface area contributed by atoms with Crippen LogP contribution in [0.4, 0.5) is 20.4 Å². The average molecular weight is 427 g/mol. The van der Waals surface area contributed by atoms with Gasteiger partial charge in [0.15, 0.2) is 5.82 Å². The van der Waals surface area contributed by atoms with Crippen molar-refractivity contribution in [2.24, 2.45) is 0 Å². The van der Waals surface area contributed by atoms with Gasteiger partial charge in [0.05, 0.1) is 16.3 Å². The molecule has 1 aliphatic rings. The van der Waals surface area contributed by atoms with Crippen LogP contribution in [-0.2, 0) is 0 Å². The molecule has 0 atom stereocenters. The summed E-state index contributed by atoms with van der Waals surface area (Å²) in [5.41, 5.74) is 6.03.